The van der Waals surface area contributed by atoms with Crippen LogP contribution in [-0.2, 0) is 22.2 Å². The van der Waals surface area contributed by atoms with Crippen molar-refractivity contribution < 1.29 is 41.7 Å². The summed E-state index contributed by atoms with van der Waals surface area (Å²) in [7, 11) is 1.45. The number of alkyl halides is 3. The minimum Gasteiger partial charge on any atom is -0.497 e. The Balaban J connectivity index is 1.67. The number of hydrogen-bond donors (Lipinski definition) is 2. The van der Waals surface area contributed by atoms with Gasteiger partial charge in [0.25, 0.3) is 0 Å². The van der Waals surface area contributed by atoms with E-state index in [1.165, 1.54) is 30.2 Å². The minimum absolute atomic E-state index is 0.0613. The number of halogens is 4. The summed E-state index contributed by atoms with van der Waals surface area (Å²) in [4.78, 5) is 26.2. The molecule has 1 heterocycles. The van der Waals surface area contributed by atoms with Crippen molar-refractivity contribution in [2.75, 3.05) is 30.5 Å². The number of methoxy groups -OCH3 is 1. The van der Waals surface area contributed by atoms with Crippen LogP contribution in [-0.4, -0.2) is 43.3 Å². The number of ether oxygens (including phenoxy) is 2. The smallest absolute Gasteiger partial charge is 0.416 e. The average Bonchev–Trinajstić information content (AvgIpc) is 3.36. The Labute approximate surface area is 234 Å². The van der Waals surface area contributed by atoms with Gasteiger partial charge in [-0.25, -0.2) is 4.39 Å². The second-order valence-electron chi connectivity index (χ2n) is 9.79. The normalized spacial score (nSPS) is 14.2. The van der Waals surface area contributed by atoms with Crippen molar-refractivity contribution in [1.29, 1.82) is 0 Å². The molecule has 0 aromatic heterocycles. The van der Waals surface area contributed by atoms with E-state index in [4.69, 9.17) is 14.6 Å². The Morgan fingerprint density at radius 2 is 1.76 bits per heavy atom. The van der Waals surface area contributed by atoms with Gasteiger partial charge in [-0.05, 0) is 48.2 Å². The fourth-order valence-corrected chi connectivity index (χ4v) is 4.76. The lowest BCUT2D eigenvalue weighted by Crippen LogP contribution is -2.45. The summed E-state index contributed by atoms with van der Waals surface area (Å²) < 4.78 is 65.2. The minimum atomic E-state index is -4.56. The topological polar surface area (TPSA) is 88.1 Å². The van der Waals surface area contributed by atoms with Crippen LogP contribution in [0.2, 0.25) is 0 Å². The first-order valence-electron chi connectivity index (χ1n) is 13.0. The number of carboxylic acids is 1. The van der Waals surface area contributed by atoms with Gasteiger partial charge in [0.1, 0.15) is 23.4 Å². The van der Waals surface area contributed by atoms with Crippen LogP contribution < -0.4 is 19.7 Å². The highest BCUT2D eigenvalue weighted by Gasteiger charge is 2.37. The Bertz CT molecular complexity index is 1390. The number of aliphatic carboxylic acids is 1. The maximum Gasteiger partial charge on any atom is 0.416 e. The first kappa shape index (κ1) is 29.7. The molecule has 0 saturated carbocycles. The molecule has 218 valence electrons. The maximum absolute atomic E-state index is 14.1. The van der Waals surface area contributed by atoms with Crippen molar-refractivity contribution in [2.45, 2.75) is 44.3 Å². The number of anilines is 2. The molecule has 2 N–H and O–H groups in total. The average molecular weight is 575 g/mol. The zero-order chi connectivity index (χ0) is 29.7. The molecule has 2 atom stereocenters. The predicted molar refractivity (Wildman–Crippen MR) is 145 cm³/mol. The van der Waals surface area contributed by atoms with Crippen LogP contribution in [0.1, 0.15) is 42.4 Å². The number of fused-ring (bicyclic) bond motifs is 1. The number of nitrogens with zero attached hydrogens (tertiary/aromatic N) is 1. The van der Waals surface area contributed by atoms with Gasteiger partial charge in [-0.1, -0.05) is 25.1 Å². The molecule has 1 amide bonds. The third kappa shape index (κ3) is 7.27. The quantitative estimate of drug-likeness (QED) is 0.207. The third-order valence-corrected chi connectivity index (χ3v) is 6.98. The van der Waals surface area contributed by atoms with E-state index in [9.17, 15) is 27.2 Å². The van der Waals surface area contributed by atoms with Crippen molar-refractivity contribution in [3.8, 4) is 11.5 Å². The molecule has 4 rings (SSSR count). The summed E-state index contributed by atoms with van der Waals surface area (Å²) in [6, 6.07) is 13.0. The zero-order valence-electron chi connectivity index (χ0n) is 22.5. The third-order valence-electron chi connectivity index (χ3n) is 6.98. The molecule has 0 aliphatic carbocycles. The molecule has 0 saturated heterocycles. The molecular formula is C30H30F4N2O5. The van der Waals surface area contributed by atoms with Gasteiger partial charge < -0.3 is 24.8 Å². The van der Waals surface area contributed by atoms with Crippen molar-refractivity contribution in [2.24, 2.45) is 0 Å². The summed E-state index contributed by atoms with van der Waals surface area (Å²) in [6.45, 7) is 2.12. The summed E-state index contributed by atoms with van der Waals surface area (Å²) in [6.07, 6.45) is -3.93. The van der Waals surface area contributed by atoms with Gasteiger partial charge in [-0.3, -0.25) is 9.59 Å². The van der Waals surface area contributed by atoms with Gasteiger partial charge in [0, 0.05) is 48.5 Å². The largest absolute Gasteiger partial charge is 0.497 e. The maximum atomic E-state index is 14.1. The Morgan fingerprint density at radius 1 is 1.05 bits per heavy atom. The van der Waals surface area contributed by atoms with Crippen molar-refractivity contribution in [3.05, 3.63) is 83.2 Å². The van der Waals surface area contributed by atoms with E-state index < -0.39 is 41.4 Å². The number of rotatable bonds is 11. The van der Waals surface area contributed by atoms with Gasteiger partial charge in [-0.2, -0.15) is 13.2 Å². The zero-order valence-corrected chi connectivity index (χ0v) is 22.5. The monoisotopic (exact) mass is 574 g/mol. The SMILES string of the molecule is COc1cc(NC(C(=O)N2CCc3ccc(C(F)(F)F)cc32)[C@@H](C)c2ccc(F)cc2)cc(OCCCC(=O)O)c1. The standard InChI is InChI=1S/C30H30F4N2O5/c1-18(19-6-9-22(31)10-7-19)28(29(39)36-12-11-20-5-8-21(14-26(20)36)30(32,33)34)35-23-15-24(40-2)17-25(16-23)41-13-3-4-27(37)38/h5-10,14-18,28,35H,3-4,11-13H2,1-2H3,(H,37,38)/t18-,28?/m0/s1. The molecule has 11 heteroatoms. The number of amides is 1. The Hall–Kier alpha value is -4.28. The predicted octanol–water partition coefficient (Wildman–Crippen LogP) is 6.27. The molecule has 1 unspecified atom stereocenters. The molecule has 1 aliphatic rings. The first-order chi connectivity index (χ1) is 19.5. The summed E-state index contributed by atoms with van der Waals surface area (Å²) in [5.41, 5.74) is 1.08. The number of nitrogens with one attached hydrogen (secondary N) is 1. The van der Waals surface area contributed by atoms with Gasteiger partial charge >= 0.3 is 12.1 Å². The van der Waals surface area contributed by atoms with Crippen LogP contribution >= 0.6 is 0 Å². The van der Waals surface area contributed by atoms with Gasteiger partial charge in [0.15, 0.2) is 0 Å². The van der Waals surface area contributed by atoms with E-state index in [-0.39, 0.29) is 31.7 Å². The highest BCUT2D eigenvalue weighted by Crippen LogP contribution is 2.38. The summed E-state index contributed by atoms with van der Waals surface area (Å²) in [5.74, 6) is -1.58. The van der Waals surface area contributed by atoms with Gasteiger partial charge in [-0.15, -0.1) is 0 Å². The van der Waals surface area contributed by atoms with E-state index in [2.05, 4.69) is 5.32 Å². The molecule has 41 heavy (non-hydrogen) atoms. The molecule has 0 spiro atoms. The molecule has 3 aromatic rings. The molecule has 1 aliphatic heterocycles. The van der Waals surface area contributed by atoms with E-state index in [0.717, 1.165) is 12.1 Å². The van der Waals surface area contributed by atoms with E-state index in [0.29, 0.717) is 34.7 Å². The molecule has 3 aromatic carbocycles. The first-order valence-corrected chi connectivity index (χ1v) is 13.0. The second kappa shape index (κ2) is 12.5. The van der Waals surface area contributed by atoms with E-state index >= 15 is 0 Å². The van der Waals surface area contributed by atoms with Crippen LogP contribution in [0.15, 0.2) is 60.7 Å². The van der Waals surface area contributed by atoms with Gasteiger partial charge in [0.05, 0.1) is 19.3 Å². The second-order valence-corrected chi connectivity index (χ2v) is 9.79. The van der Waals surface area contributed by atoms with Crippen LogP contribution in [0.25, 0.3) is 0 Å². The lowest BCUT2D eigenvalue weighted by Gasteiger charge is -2.30. The van der Waals surface area contributed by atoms with Crippen molar-refractivity contribution in [1.82, 2.24) is 0 Å². The Kier molecular flexibility index (Phi) is 9.05. The molecule has 0 bridgehead atoms. The van der Waals surface area contributed by atoms with Crippen molar-refractivity contribution in [3.63, 3.8) is 0 Å². The molecule has 0 fully saturated rings. The fourth-order valence-electron chi connectivity index (χ4n) is 4.76. The number of carbonyl (C=O) groups is 2. The van der Waals surface area contributed by atoms with E-state index in [1.54, 1.807) is 37.3 Å². The highest BCUT2D eigenvalue weighted by atomic mass is 19.4. The van der Waals surface area contributed by atoms with Gasteiger partial charge in [0.2, 0.25) is 5.91 Å². The van der Waals surface area contributed by atoms with Crippen molar-refractivity contribution >= 4 is 23.3 Å². The summed E-state index contributed by atoms with van der Waals surface area (Å²) in [5, 5.41) is 12.1. The number of hydrogen-bond acceptors (Lipinski definition) is 5. The van der Waals surface area contributed by atoms with Crippen LogP contribution in [0, 0.1) is 5.82 Å². The molecule has 0 radical (unpaired) electrons. The van der Waals surface area contributed by atoms with Crippen LogP contribution in [0.5, 0.6) is 11.5 Å². The molecular weight excluding hydrogens is 544 g/mol. The Morgan fingerprint density at radius 3 is 2.41 bits per heavy atom. The fraction of sp³-hybridized carbons (Fsp3) is 0.333. The van der Waals surface area contributed by atoms with E-state index in [1.807, 2.05) is 0 Å². The molecule has 7 nitrogen and oxygen atoms in total. The number of carboxylic acid groups (broad SMARTS) is 1. The highest BCUT2D eigenvalue weighted by molar-refractivity contribution is 6.01. The number of carbonyl (C=O) groups excluding carboxylic acids is 1. The lowest BCUT2D eigenvalue weighted by molar-refractivity contribution is -0.138. The van der Waals surface area contributed by atoms with Crippen LogP contribution in [0.4, 0.5) is 28.9 Å². The lowest BCUT2D eigenvalue weighted by atomic mass is 9.91. The van der Waals surface area contributed by atoms with Crippen LogP contribution in [0.3, 0.4) is 0 Å². The number of benzene rings is 3. The summed E-state index contributed by atoms with van der Waals surface area (Å²) >= 11 is 0.